The molecule has 3 rings (SSSR count). The van der Waals surface area contributed by atoms with Crippen LogP contribution in [0, 0.1) is 17.6 Å². The quantitative estimate of drug-likeness (QED) is 0.789. The highest BCUT2D eigenvalue weighted by atomic mass is 32.2. The van der Waals surface area contributed by atoms with Crippen molar-refractivity contribution < 1.29 is 22.0 Å². The average Bonchev–Trinajstić information content (AvgIpc) is 2.60. The second-order valence-electron chi connectivity index (χ2n) is 5.57. The minimum Gasteiger partial charge on any atom is -0.294 e. The summed E-state index contributed by atoms with van der Waals surface area (Å²) >= 11 is 0. The molecule has 2 fully saturated rings. The summed E-state index contributed by atoms with van der Waals surface area (Å²) in [6, 6.07) is 3.07. The highest BCUT2D eigenvalue weighted by Gasteiger charge is 2.48. The summed E-state index contributed by atoms with van der Waals surface area (Å²) in [4.78, 5) is 12.3. The topological polar surface area (TPSA) is 51.2 Å². The van der Waals surface area contributed by atoms with Crippen molar-refractivity contribution in [2.24, 2.45) is 5.92 Å². The first-order valence-electron chi connectivity index (χ1n) is 6.61. The van der Waals surface area contributed by atoms with Crippen LogP contribution in [0.3, 0.4) is 0 Å². The van der Waals surface area contributed by atoms with Gasteiger partial charge in [-0.25, -0.2) is 17.2 Å². The molecule has 2 saturated heterocycles. The van der Waals surface area contributed by atoms with Crippen LogP contribution in [0.15, 0.2) is 18.2 Å². The van der Waals surface area contributed by atoms with Gasteiger partial charge in [0.25, 0.3) is 0 Å². The number of rotatable bonds is 2. The van der Waals surface area contributed by atoms with Gasteiger partial charge in [0, 0.05) is 11.5 Å². The fourth-order valence-electron chi connectivity index (χ4n) is 3.31. The van der Waals surface area contributed by atoms with Crippen LogP contribution < -0.4 is 0 Å². The van der Waals surface area contributed by atoms with Crippen molar-refractivity contribution in [1.29, 1.82) is 0 Å². The number of hydrogen-bond donors (Lipinski definition) is 0. The molecule has 2 bridgehead atoms. The average molecular weight is 300 g/mol. The van der Waals surface area contributed by atoms with Crippen molar-refractivity contribution in [2.75, 3.05) is 0 Å². The lowest BCUT2D eigenvalue weighted by Gasteiger charge is -2.26. The Labute approximate surface area is 115 Å². The first-order valence-corrected chi connectivity index (χ1v) is 8.22. The Morgan fingerprint density at radius 1 is 1.05 bits per heavy atom. The van der Waals surface area contributed by atoms with Gasteiger partial charge in [0.05, 0.1) is 10.5 Å². The van der Waals surface area contributed by atoms with Crippen LogP contribution in [-0.2, 0) is 9.84 Å². The van der Waals surface area contributed by atoms with Crippen LogP contribution in [0.2, 0.25) is 0 Å². The molecule has 2 aliphatic rings. The van der Waals surface area contributed by atoms with E-state index in [0.717, 1.165) is 12.1 Å². The second kappa shape index (κ2) is 4.62. The number of carbonyl (C=O) groups excluding carboxylic acids is 1. The summed E-state index contributed by atoms with van der Waals surface area (Å²) in [6.45, 7) is 0. The van der Waals surface area contributed by atoms with Gasteiger partial charge in [-0.3, -0.25) is 4.79 Å². The summed E-state index contributed by atoms with van der Waals surface area (Å²) in [5.41, 5.74) is 0.118. The van der Waals surface area contributed by atoms with Crippen molar-refractivity contribution in [2.45, 2.75) is 36.2 Å². The van der Waals surface area contributed by atoms with E-state index < -0.39 is 37.9 Å². The monoisotopic (exact) mass is 300 g/mol. The fourth-order valence-corrected chi connectivity index (χ4v) is 5.78. The number of ketones is 1. The maximum Gasteiger partial charge on any atom is 0.166 e. The molecule has 3 nitrogen and oxygen atoms in total. The molecule has 2 unspecified atom stereocenters. The molecule has 0 aromatic heterocycles. The van der Waals surface area contributed by atoms with Crippen LogP contribution in [0.5, 0.6) is 0 Å². The van der Waals surface area contributed by atoms with Gasteiger partial charge in [-0.15, -0.1) is 0 Å². The molecular formula is C14H14F2O3S. The Bertz CT molecular complexity index is 649. The highest BCUT2D eigenvalue weighted by molar-refractivity contribution is 7.93. The third-order valence-electron chi connectivity index (χ3n) is 4.41. The number of fused-ring (bicyclic) bond motifs is 2. The molecular weight excluding hydrogens is 286 g/mol. The van der Waals surface area contributed by atoms with Crippen molar-refractivity contribution in [3.05, 3.63) is 35.4 Å². The lowest BCUT2D eigenvalue weighted by molar-refractivity contribution is 0.0905. The number of benzene rings is 1. The molecule has 0 spiro atoms. The Morgan fingerprint density at radius 2 is 1.65 bits per heavy atom. The molecule has 0 saturated carbocycles. The van der Waals surface area contributed by atoms with Crippen molar-refractivity contribution in [3.8, 4) is 0 Å². The van der Waals surface area contributed by atoms with Gasteiger partial charge in [-0.2, -0.15) is 0 Å². The van der Waals surface area contributed by atoms with Crippen molar-refractivity contribution >= 4 is 15.6 Å². The fraction of sp³-hybridized carbons (Fsp3) is 0.500. The zero-order valence-corrected chi connectivity index (χ0v) is 11.5. The Hall–Kier alpha value is -1.30. The van der Waals surface area contributed by atoms with E-state index in [4.69, 9.17) is 0 Å². The lowest BCUT2D eigenvalue weighted by atomic mass is 9.90. The van der Waals surface area contributed by atoms with Gasteiger partial charge < -0.3 is 0 Å². The maximum absolute atomic E-state index is 13.2. The van der Waals surface area contributed by atoms with E-state index >= 15 is 0 Å². The zero-order chi connectivity index (χ0) is 14.5. The number of hydrogen-bond acceptors (Lipinski definition) is 3. The maximum atomic E-state index is 13.2. The van der Waals surface area contributed by atoms with Crippen LogP contribution in [0.4, 0.5) is 8.78 Å². The van der Waals surface area contributed by atoms with E-state index in [1.807, 2.05) is 0 Å². The van der Waals surface area contributed by atoms with E-state index in [1.165, 1.54) is 6.07 Å². The van der Waals surface area contributed by atoms with Crippen molar-refractivity contribution in [1.82, 2.24) is 0 Å². The smallest absolute Gasteiger partial charge is 0.166 e. The predicted molar refractivity (Wildman–Crippen MR) is 69.1 cm³/mol. The molecule has 0 amide bonds. The molecule has 108 valence electrons. The van der Waals surface area contributed by atoms with Gasteiger partial charge in [0.2, 0.25) is 0 Å². The van der Waals surface area contributed by atoms with E-state index in [1.54, 1.807) is 0 Å². The standard InChI is InChI=1S/C14H14F2O3S/c15-12-4-1-8(7-13(12)16)14(17)9-5-10-2-3-11(6-9)20(10,18)19/h1,4,7,9-11H,2-3,5-6H2. The van der Waals surface area contributed by atoms with E-state index in [9.17, 15) is 22.0 Å². The molecule has 1 aromatic rings. The van der Waals surface area contributed by atoms with Crippen LogP contribution >= 0.6 is 0 Å². The summed E-state index contributed by atoms with van der Waals surface area (Å²) in [5, 5.41) is -0.888. The molecule has 2 heterocycles. The molecule has 2 atom stereocenters. The third-order valence-corrected chi connectivity index (χ3v) is 7.12. The molecule has 6 heteroatoms. The molecule has 20 heavy (non-hydrogen) atoms. The zero-order valence-electron chi connectivity index (χ0n) is 10.7. The summed E-state index contributed by atoms with van der Waals surface area (Å²) in [7, 11) is -3.08. The van der Waals surface area contributed by atoms with Gasteiger partial charge in [-0.05, 0) is 43.9 Å². The first-order chi connectivity index (χ1) is 9.39. The van der Waals surface area contributed by atoms with E-state index in [0.29, 0.717) is 25.7 Å². The third kappa shape index (κ3) is 2.06. The van der Waals surface area contributed by atoms with Crippen LogP contribution in [0.25, 0.3) is 0 Å². The SMILES string of the molecule is O=C(c1ccc(F)c(F)c1)C1CC2CCC(C1)S2(=O)=O. The number of carbonyl (C=O) groups is 1. The minimum absolute atomic E-state index is 0.118. The first kappa shape index (κ1) is 13.7. The minimum atomic E-state index is -3.08. The predicted octanol–water partition coefficient (Wildman–Crippen LogP) is 2.50. The Morgan fingerprint density at radius 3 is 2.20 bits per heavy atom. The largest absolute Gasteiger partial charge is 0.294 e. The summed E-state index contributed by atoms with van der Waals surface area (Å²) in [6.07, 6.45) is 1.82. The molecule has 0 aliphatic carbocycles. The Kier molecular flexibility index (Phi) is 3.16. The van der Waals surface area contributed by atoms with Gasteiger partial charge in [0.1, 0.15) is 0 Å². The summed E-state index contributed by atoms with van der Waals surface area (Å²) in [5.74, 6) is -2.73. The van der Waals surface area contributed by atoms with Crippen molar-refractivity contribution in [3.63, 3.8) is 0 Å². The van der Waals surface area contributed by atoms with Gasteiger partial charge in [-0.1, -0.05) is 0 Å². The number of halogens is 2. The van der Waals surface area contributed by atoms with E-state index in [2.05, 4.69) is 0 Å². The highest BCUT2D eigenvalue weighted by Crippen LogP contribution is 2.42. The molecule has 0 radical (unpaired) electrons. The molecule has 0 N–H and O–H groups in total. The second-order valence-corrected chi connectivity index (χ2v) is 8.08. The molecule has 2 aliphatic heterocycles. The van der Waals surface area contributed by atoms with Crippen LogP contribution in [-0.4, -0.2) is 24.7 Å². The number of sulfone groups is 1. The normalized spacial score (nSPS) is 31.2. The van der Waals surface area contributed by atoms with Gasteiger partial charge >= 0.3 is 0 Å². The lowest BCUT2D eigenvalue weighted by Crippen LogP contribution is -2.36. The Balaban J connectivity index is 1.84. The summed E-state index contributed by atoms with van der Waals surface area (Å²) < 4.78 is 50.0. The molecule has 1 aromatic carbocycles. The number of Topliss-reactive ketones (excluding diaryl/α,β-unsaturated/α-hetero) is 1. The van der Waals surface area contributed by atoms with E-state index in [-0.39, 0.29) is 11.3 Å². The van der Waals surface area contributed by atoms with Crippen LogP contribution in [0.1, 0.15) is 36.0 Å². The van der Waals surface area contributed by atoms with Gasteiger partial charge in [0.15, 0.2) is 27.3 Å².